The van der Waals surface area contributed by atoms with Crippen LogP contribution in [0.4, 0.5) is 5.69 Å². The van der Waals surface area contributed by atoms with Gasteiger partial charge in [0.1, 0.15) is 41.7 Å². The highest BCUT2D eigenvalue weighted by atomic mass is 127. The maximum atomic E-state index is 6.12. The molecule has 60 heavy (non-hydrogen) atoms. The average Bonchev–Trinajstić information content (AvgIpc) is 3.24. The van der Waals surface area contributed by atoms with E-state index in [-0.39, 0.29) is 0 Å². The van der Waals surface area contributed by atoms with Crippen LogP contribution in [0.25, 0.3) is 0 Å². The van der Waals surface area contributed by atoms with Gasteiger partial charge in [0.25, 0.3) is 0 Å². The minimum absolute atomic E-state index is 0.484. The van der Waals surface area contributed by atoms with E-state index in [1.54, 1.807) is 0 Å². The Morgan fingerprint density at radius 1 is 0.467 bits per heavy atom. The van der Waals surface area contributed by atoms with Crippen molar-refractivity contribution in [2.75, 3.05) is 97.3 Å². The highest BCUT2D eigenvalue weighted by molar-refractivity contribution is 14.1. The van der Waals surface area contributed by atoms with Crippen LogP contribution in [0.15, 0.2) is 36.4 Å². The van der Waals surface area contributed by atoms with Crippen LogP contribution in [-0.4, -0.2) is 107 Å². The van der Waals surface area contributed by atoms with Gasteiger partial charge in [0, 0.05) is 43.0 Å². The molecule has 3 aromatic heterocycles. The van der Waals surface area contributed by atoms with Gasteiger partial charge in [0.05, 0.1) is 79.3 Å². The minimum Gasteiger partial charge on any atom is -0.493 e. The van der Waals surface area contributed by atoms with Crippen molar-refractivity contribution >= 4 is 50.9 Å². The quantitative estimate of drug-likeness (QED) is 0.0560. The van der Waals surface area contributed by atoms with Crippen molar-refractivity contribution in [1.82, 2.24) is 15.0 Å². The Labute approximate surface area is 386 Å². The van der Waals surface area contributed by atoms with Gasteiger partial charge in [0.2, 0.25) is 0 Å². The van der Waals surface area contributed by atoms with Gasteiger partial charge in [-0.05, 0) is 93.8 Å². The van der Waals surface area contributed by atoms with Gasteiger partial charge in [-0.25, -0.2) is 15.0 Å². The fraction of sp³-hybridized carbons (Fsp3) is 0.596. The first-order chi connectivity index (χ1) is 29.5. The maximum Gasteiger partial charge on any atom is 0.124 e. The van der Waals surface area contributed by atoms with E-state index >= 15 is 0 Å². The van der Waals surface area contributed by atoms with Crippen LogP contribution in [0, 0.1) is 31.1 Å². The van der Waals surface area contributed by atoms with Gasteiger partial charge in [-0.3, -0.25) is 0 Å². The predicted molar refractivity (Wildman–Crippen MR) is 254 cm³/mol. The first kappa shape index (κ1) is 49.9. The lowest BCUT2D eigenvalue weighted by atomic mass is 10.1. The van der Waals surface area contributed by atoms with Crippen molar-refractivity contribution in [1.29, 1.82) is 0 Å². The molecule has 0 amide bonds. The molecule has 0 saturated carbocycles. The lowest BCUT2D eigenvalue weighted by Gasteiger charge is -2.25. The van der Waals surface area contributed by atoms with Crippen molar-refractivity contribution in [3.05, 3.63) is 66.6 Å². The molecule has 4 heterocycles. The summed E-state index contributed by atoms with van der Waals surface area (Å²) in [5.74, 6) is 14.6. The Morgan fingerprint density at radius 2 is 0.817 bits per heavy atom. The van der Waals surface area contributed by atoms with E-state index in [0.29, 0.717) is 115 Å². The predicted octanol–water partition coefficient (Wildman–Crippen LogP) is 9.26. The largest absolute Gasteiger partial charge is 0.493 e. The van der Waals surface area contributed by atoms with Crippen molar-refractivity contribution in [2.45, 2.75) is 90.9 Å². The first-order valence-corrected chi connectivity index (χ1v) is 24.0. The van der Waals surface area contributed by atoms with Gasteiger partial charge in [0.15, 0.2) is 0 Å². The summed E-state index contributed by atoms with van der Waals surface area (Å²) in [5, 5.41) is 0. The number of halogens is 2. The van der Waals surface area contributed by atoms with Crippen LogP contribution in [0.1, 0.15) is 114 Å². The molecule has 1 saturated heterocycles. The molecule has 0 spiro atoms. The Kier molecular flexibility index (Phi) is 26.6. The molecule has 0 radical (unpaired) electrons. The minimum atomic E-state index is 0.484. The molecule has 0 aromatic carbocycles. The molecule has 3 aromatic rings. The lowest BCUT2D eigenvalue weighted by Crippen LogP contribution is -2.32. The number of rotatable bonds is 17. The number of nitrogens with zero attached hydrogens (tertiary/aromatic N) is 4. The zero-order valence-corrected chi connectivity index (χ0v) is 40.1. The molecule has 1 aliphatic rings. The molecule has 0 N–H and O–H groups in total. The molecular weight excluding hydrogens is 986 g/mol. The summed E-state index contributed by atoms with van der Waals surface area (Å²) < 4.78 is 42.7. The summed E-state index contributed by atoms with van der Waals surface area (Å²) in [7, 11) is 0. The summed E-state index contributed by atoms with van der Waals surface area (Å²) in [6.45, 7) is 12.1. The van der Waals surface area contributed by atoms with Crippen LogP contribution in [-0.2, 0) is 23.7 Å². The topological polar surface area (TPSA) is 107 Å². The van der Waals surface area contributed by atoms with Crippen LogP contribution < -0.4 is 14.4 Å². The second kappa shape index (κ2) is 32.0. The Bertz CT molecular complexity index is 1660. The average molecular weight is 1050 g/mol. The third-order valence-corrected chi connectivity index (χ3v) is 10.5. The molecule has 0 bridgehead atoms. The number of aromatic nitrogens is 3. The van der Waals surface area contributed by atoms with Gasteiger partial charge in [-0.1, -0.05) is 78.1 Å². The Morgan fingerprint density at radius 3 is 1.22 bits per heavy atom. The van der Waals surface area contributed by atoms with Crippen LogP contribution >= 0.6 is 45.2 Å². The van der Waals surface area contributed by atoms with Crippen LogP contribution in [0.5, 0.6) is 11.5 Å². The number of hydrogen-bond donors (Lipinski definition) is 0. The summed E-state index contributed by atoms with van der Waals surface area (Å²) in [6, 6.07) is 11.7. The second-order valence-corrected chi connectivity index (χ2v) is 16.6. The smallest absolute Gasteiger partial charge is 0.124 e. The van der Waals surface area contributed by atoms with Crippen molar-refractivity contribution in [3.63, 3.8) is 0 Å². The fourth-order valence-electron chi connectivity index (χ4n) is 6.17. The second-order valence-electron chi connectivity index (χ2n) is 14.4. The molecule has 1 fully saturated rings. The molecule has 0 unspecified atom stereocenters. The summed E-state index contributed by atoms with van der Waals surface area (Å²) in [6.07, 6.45) is 14.5. The molecule has 1 aliphatic heterocycles. The van der Waals surface area contributed by atoms with Crippen molar-refractivity contribution in [2.24, 2.45) is 0 Å². The molecule has 11 nitrogen and oxygen atoms in total. The monoisotopic (exact) mass is 1050 g/mol. The lowest BCUT2D eigenvalue weighted by molar-refractivity contribution is -0.0116. The molecular formula is C47H64I2N4O7. The summed E-state index contributed by atoms with van der Waals surface area (Å²) in [5.41, 5.74) is 3.27. The van der Waals surface area contributed by atoms with E-state index in [9.17, 15) is 0 Å². The standard InChI is InChI=1S/C47H64I2N4O7/c1-3-5-7-9-11-13-21-59-44-35-41(51-46(48)37-44)17-15-39-33-43(53-19-23-54-25-27-56-29-31-58-32-30-57-28-26-55-24-20-53)34-40(50-39)16-18-42-36-45(38-47(49)52-42)60-22-14-12-10-8-6-4-2/h33-38H,3-14,19-32H2,1-2H3. The summed E-state index contributed by atoms with van der Waals surface area (Å²) >= 11 is 4.43. The third-order valence-electron chi connectivity index (χ3n) is 9.38. The number of ether oxygens (including phenoxy) is 7. The first-order valence-electron chi connectivity index (χ1n) is 21.8. The number of pyridine rings is 3. The molecule has 0 aliphatic carbocycles. The van der Waals surface area contributed by atoms with Gasteiger partial charge in [-0.2, -0.15) is 0 Å². The summed E-state index contributed by atoms with van der Waals surface area (Å²) in [4.78, 5) is 16.5. The number of anilines is 1. The van der Waals surface area contributed by atoms with E-state index in [4.69, 9.17) is 38.1 Å². The van der Waals surface area contributed by atoms with Crippen molar-refractivity contribution < 1.29 is 33.2 Å². The van der Waals surface area contributed by atoms with E-state index in [0.717, 1.165) is 37.4 Å². The molecule has 328 valence electrons. The van der Waals surface area contributed by atoms with Crippen LogP contribution in [0.3, 0.4) is 0 Å². The van der Waals surface area contributed by atoms with Gasteiger partial charge in [-0.15, -0.1) is 0 Å². The van der Waals surface area contributed by atoms with E-state index in [1.165, 1.54) is 64.2 Å². The maximum absolute atomic E-state index is 6.12. The van der Waals surface area contributed by atoms with E-state index in [1.807, 2.05) is 36.4 Å². The highest BCUT2D eigenvalue weighted by Crippen LogP contribution is 2.20. The SMILES string of the molecule is CCCCCCCCOc1cc(I)nc(C#Cc2cc(N3CCOCCOCCOCCOCCOCC3)cc(C#Cc3cc(OCCCCCCCC)cc(I)n3)n2)c1. The zero-order chi connectivity index (χ0) is 42.3. The fourth-order valence-corrected chi connectivity index (χ4v) is 7.30. The van der Waals surface area contributed by atoms with Gasteiger partial charge >= 0.3 is 0 Å². The Hall–Kier alpha value is -2.77. The number of hydrogen-bond acceptors (Lipinski definition) is 11. The molecule has 13 heteroatoms. The van der Waals surface area contributed by atoms with Crippen LogP contribution in [0.2, 0.25) is 0 Å². The van der Waals surface area contributed by atoms with Gasteiger partial charge < -0.3 is 38.1 Å². The molecule has 0 atom stereocenters. The zero-order valence-electron chi connectivity index (χ0n) is 35.8. The van der Waals surface area contributed by atoms with Crippen molar-refractivity contribution in [3.8, 4) is 35.2 Å². The number of unbranched alkanes of at least 4 members (excludes halogenated alkanes) is 10. The highest BCUT2D eigenvalue weighted by Gasteiger charge is 2.11. The van der Waals surface area contributed by atoms with E-state index < -0.39 is 0 Å². The van der Waals surface area contributed by atoms with E-state index in [2.05, 4.69) is 97.6 Å². The Balaban J connectivity index is 1.56. The molecule has 4 rings (SSSR count). The normalized spacial score (nSPS) is 14.8. The third kappa shape index (κ3) is 22.4.